The molecule has 2 heteroatoms. The van der Waals surface area contributed by atoms with Crippen molar-refractivity contribution in [1.29, 1.82) is 0 Å². The van der Waals surface area contributed by atoms with Crippen molar-refractivity contribution in [1.82, 2.24) is 4.98 Å². The third-order valence-corrected chi connectivity index (χ3v) is 5.40. The fourth-order valence-corrected chi connectivity index (χ4v) is 4.27. The lowest BCUT2D eigenvalue weighted by Gasteiger charge is -2.13. The minimum atomic E-state index is 0.502. The summed E-state index contributed by atoms with van der Waals surface area (Å²) in [5.41, 5.74) is 16.6. The predicted octanol–water partition coefficient (Wildman–Crippen LogP) is 6.16. The lowest BCUT2D eigenvalue weighted by atomic mass is 9.92. The Labute approximate surface area is 157 Å². The van der Waals surface area contributed by atoms with E-state index in [1.54, 1.807) is 0 Å². The van der Waals surface area contributed by atoms with Gasteiger partial charge in [0.15, 0.2) is 0 Å². The van der Waals surface area contributed by atoms with Crippen LogP contribution in [0.4, 0.5) is 0 Å². The van der Waals surface area contributed by atoms with Gasteiger partial charge in [0, 0.05) is 16.5 Å². The van der Waals surface area contributed by atoms with E-state index in [9.17, 15) is 0 Å². The second-order valence-corrected chi connectivity index (χ2v) is 7.92. The third-order valence-electron chi connectivity index (χ3n) is 5.40. The summed E-state index contributed by atoms with van der Waals surface area (Å²) in [7, 11) is 0. The van der Waals surface area contributed by atoms with Crippen LogP contribution in [0.3, 0.4) is 0 Å². The van der Waals surface area contributed by atoms with Gasteiger partial charge in [-0.05, 0) is 74.8 Å². The van der Waals surface area contributed by atoms with Crippen LogP contribution < -0.4 is 5.73 Å². The molecule has 0 aliphatic heterocycles. The van der Waals surface area contributed by atoms with Crippen LogP contribution >= 0.6 is 0 Å². The molecule has 3 aromatic rings. The topological polar surface area (TPSA) is 41.8 Å². The summed E-state index contributed by atoms with van der Waals surface area (Å²) in [6.45, 7) is 11.9. The van der Waals surface area contributed by atoms with Crippen molar-refractivity contribution in [3.63, 3.8) is 0 Å². The van der Waals surface area contributed by atoms with Gasteiger partial charge in [0.2, 0.25) is 0 Å². The molecule has 1 aromatic heterocycles. The molecule has 0 saturated heterocycles. The quantitative estimate of drug-likeness (QED) is 0.514. The Balaban J connectivity index is 2.27. The maximum absolute atomic E-state index is 5.75. The summed E-state index contributed by atoms with van der Waals surface area (Å²) >= 11 is 0. The van der Waals surface area contributed by atoms with Gasteiger partial charge in [0.05, 0.1) is 5.69 Å². The van der Waals surface area contributed by atoms with Gasteiger partial charge in [-0.15, -0.1) is 0 Å². The van der Waals surface area contributed by atoms with Crippen LogP contribution in [0, 0.1) is 20.8 Å². The van der Waals surface area contributed by atoms with Gasteiger partial charge in [-0.1, -0.05) is 49.7 Å². The van der Waals surface area contributed by atoms with Gasteiger partial charge in [0.1, 0.15) is 0 Å². The largest absolute Gasteiger partial charge is 0.354 e. The summed E-state index contributed by atoms with van der Waals surface area (Å²) in [4.78, 5) is 3.83. The van der Waals surface area contributed by atoms with Crippen LogP contribution in [0.15, 0.2) is 30.3 Å². The number of H-pyrrole nitrogens is 1. The Morgan fingerprint density at radius 1 is 1.00 bits per heavy atom. The maximum atomic E-state index is 5.75. The molecule has 0 radical (unpaired) electrons. The number of unbranched alkanes of at least 4 members (excludes halogenated alkanes) is 1. The first kappa shape index (κ1) is 18.7. The zero-order valence-electron chi connectivity index (χ0n) is 16.9. The smallest absolute Gasteiger partial charge is 0.0502 e. The first-order chi connectivity index (χ1) is 12.4. The molecule has 0 aliphatic rings. The fourth-order valence-electron chi connectivity index (χ4n) is 4.27. The minimum Gasteiger partial charge on any atom is -0.354 e. The highest BCUT2D eigenvalue weighted by Crippen LogP contribution is 2.38. The molecule has 2 aromatic carbocycles. The number of para-hydroxylation sites is 1. The van der Waals surface area contributed by atoms with Crippen LogP contribution in [0.5, 0.6) is 0 Å². The molecular weight excluding hydrogens is 316 g/mol. The number of fused-ring (bicyclic) bond motifs is 1. The number of nitrogens with two attached hydrogens (primary N) is 1. The summed E-state index contributed by atoms with van der Waals surface area (Å²) in [6.07, 6.45) is 3.27. The first-order valence-corrected chi connectivity index (χ1v) is 9.85. The molecular formula is C24H32N2. The van der Waals surface area contributed by atoms with E-state index in [0.717, 1.165) is 25.8 Å². The number of benzene rings is 2. The lowest BCUT2D eigenvalue weighted by molar-refractivity contribution is 0.748. The molecule has 2 nitrogen and oxygen atoms in total. The van der Waals surface area contributed by atoms with Crippen LogP contribution in [0.2, 0.25) is 0 Å². The van der Waals surface area contributed by atoms with E-state index in [0.29, 0.717) is 5.92 Å². The Morgan fingerprint density at radius 3 is 2.31 bits per heavy atom. The molecule has 0 amide bonds. The molecule has 3 rings (SSSR count). The van der Waals surface area contributed by atoms with Crippen LogP contribution in [0.25, 0.3) is 22.2 Å². The minimum absolute atomic E-state index is 0.502. The number of hydrogen-bond acceptors (Lipinski definition) is 1. The molecule has 26 heavy (non-hydrogen) atoms. The molecule has 0 saturated carbocycles. The van der Waals surface area contributed by atoms with Gasteiger partial charge in [0.25, 0.3) is 0 Å². The van der Waals surface area contributed by atoms with Gasteiger partial charge in [-0.3, -0.25) is 0 Å². The number of rotatable bonds is 6. The van der Waals surface area contributed by atoms with E-state index in [4.69, 9.17) is 5.73 Å². The fraction of sp³-hybridized carbons (Fsp3) is 0.417. The summed E-state index contributed by atoms with van der Waals surface area (Å²) in [5, 5.41) is 1.38. The van der Waals surface area contributed by atoms with Crippen LogP contribution in [-0.2, 0) is 6.42 Å². The van der Waals surface area contributed by atoms with Gasteiger partial charge < -0.3 is 10.7 Å². The van der Waals surface area contributed by atoms with Crippen LogP contribution in [-0.4, -0.2) is 11.5 Å². The standard InChI is InChI=1S/C24H32N2/c1-15(2)19-10-8-11-20-21(9-6-7-12-25)24(26-23(19)20)22-17(4)13-16(3)14-18(22)5/h8,10-11,13-15,26H,6-7,9,12,25H2,1-5H3. The highest BCUT2D eigenvalue weighted by atomic mass is 14.7. The second kappa shape index (κ2) is 7.67. The van der Waals surface area contributed by atoms with Crippen LogP contribution in [0.1, 0.15) is 60.4 Å². The summed E-state index contributed by atoms with van der Waals surface area (Å²) < 4.78 is 0. The second-order valence-electron chi connectivity index (χ2n) is 7.92. The number of aromatic amines is 1. The lowest BCUT2D eigenvalue weighted by Crippen LogP contribution is -2.00. The Hall–Kier alpha value is -2.06. The first-order valence-electron chi connectivity index (χ1n) is 9.85. The molecule has 0 unspecified atom stereocenters. The predicted molar refractivity (Wildman–Crippen MR) is 114 cm³/mol. The average molecular weight is 349 g/mol. The highest BCUT2D eigenvalue weighted by molar-refractivity contribution is 5.94. The Kier molecular flexibility index (Phi) is 5.52. The van der Waals surface area contributed by atoms with Crippen molar-refractivity contribution < 1.29 is 0 Å². The molecule has 0 spiro atoms. The van der Waals surface area contributed by atoms with E-state index < -0.39 is 0 Å². The molecule has 1 heterocycles. The Bertz CT molecular complexity index is 892. The summed E-state index contributed by atoms with van der Waals surface area (Å²) in [5.74, 6) is 0.502. The molecule has 0 atom stereocenters. The Morgan fingerprint density at radius 2 is 1.69 bits per heavy atom. The molecule has 138 valence electrons. The van der Waals surface area contributed by atoms with Gasteiger partial charge >= 0.3 is 0 Å². The zero-order valence-corrected chi connectivity index (χ0v) is 16.9. The molecule has 0 bridgehead atoms. The SMILES string of the molecule is Cc1cc(C)c(-c2[nH]c3c(C(C)C)cccc3c2CCCCN)c(C)c1. The van der Waals surface area contributed by atoms with Crippen molar-refractivity contribution in [2.24, 2.45) is 5.73 Å². The van der Waals surface area contributed by atoms with Crippen molar-refractivity contribution in [2.45, 2.75) is 59.8 Å². The maximum Gasteiger partial charge on any atom is 0.0502 e. The monoisotopic (exact) mass is 348 g/mol. The van der Waals surface area contributed by atoms with E-state index in [1.165, 1.54) is 50.0 Å². The molecule has 0 fully saturated rings. The van der Waals surface area contributed by atoms with E-state index >= 15 is 0 Å². The number of hydrogen-bond donors (Lipinski definition) is 2. The van der Waals surface area contributed by atoms with Crippen molar-refractivity contribution in [3.8, 4) is 11.3 Å². The van der Waals surface area contributed by atoms with E-state index in [2.05, 4.69) is 69.9 Å². The van der Waals surface area contributed by atoms with Crippen molar-refractivity contribution >= 4 is 10.9 Å². The van der Waals surface area contributed by atoms with Gasteiger partial charge in [-0.25, -0.2) is 0 Å². The number of aryl methyl sites for hydroxylation is 4. The summed E-state index contributed by atoms with van der Waals surface area (Å²) in [6, 6.07) is 11.3. The number of aromatic nitrogens is 1. The highest BCUT2D eigenvalue weighted by Gasteiger charge is 2.18. The average Bonchev–Trinajstić information content (AvgIpc) is 2.92. The molecule has 3 N–H and O–H groups in total. The number of nitrogens with one attached hydrogen (secondary N) is 1. The normalized spacial score (nSPS) is 11.7. The van der Waals surface area contributed by atoms with Gasteiger partial charge in [-0.2, -0.15) is 0 Å². The van der Waals surface area contributed by atoms with Crippen molar-refractivity contribution in [2.75, 3.05) is 6.54 Å². The molecule has 0 aliphatic carbocycles. The van der Waals surface area contributed by atoms with E-state index in [1.807, 2.05) is 0 Å². The zero-order chi connectivity index (χ0) is 18.8. The van der Waals surface area contributed by atoms with E-state index in [-0.39, 0.29) is 0 Å². The van der Waals surface area contributed by atoms with Crippen molar-refractivity contribution in [3.05, 3.63) is 58.1 Å². The third kappa shape index (κ3) is 3.43.